The summed E-state index contributed by atoms with van der Waals surface area (Å²) in [6.07, 6.45) is 15.8. The first kappa shape index (κ1) is 20.6. The van der Waals surface area contributed by atoms with E-state index in [9.17, 15) is 14.7 Å². The average molecular weight is 336 g/mol. The second-order valence-electron chi connectivity index (χ2n) is 6.69. The maximum absolute atomic E-state index is 12.1. The van der Waals surface area contributed by atoms with Crippen LogP contribution < -0.4 is 0 Å². The molecule has 24 heavy (non-hydrogen) atoms. The number of aliphatic hydroxyl groups is 1. The number of allylic oxidation sites excluding steroid dienone is 3. The number of carbonyl (C=O) groups is 2. The largest absolute Gasteiger partial charge is 0.481 e. The number of aliphatic hydroxyl groups excluding tert-OH is 1. The average Bonchev–Trinajstić information content (AvgIpc) is 2.80. The number of ketones is 1. The number of aliphatic carboxylic acids is 1. The fourth-order valence-electron chi connectivity index (χ4n) is 3.20. The summed E-state index contributed by atoms with van der Waals surface area (Å²) < 4.78 is 0. The molecule has 4 heteroatoms. The zero-order valence-corrected chi connectivity index (χ0v) is 14.8. The monoisotopic (exact) mass is 336 g/mol. The molecule has 0 bridgehead atoms. The minimum atomic E-state index is -0.776. The van der Waals surface area contributed by atoms with E-state index in [0.29, 0.717) is 19.3 Å². The van der Waals surface area contributed by atoms with Crippen LogP contribution in [-0.4, -0.2) is 28.1 Å². The normalized spacial score (nSPS) is 24.4. The first-order chi connectivity index (χ1) is 11.6. The van der Waals surface area contributed by atoms with Gasteiger partial charge in [0.05, 0.1) is 6.10 Å². The summed E-state index contributed by atoms with van der Waals surface area (Å²) in [7, 11) is 0. The summed E-state index contributed by atoms with van der Waals surface area (Å²) in [5.74, 6) is -0.852. The second-order valence-corrected chi connectivity index (χ2v) is 6.69. The molecule has 0 aromatic carbocycles. The van der Waals surface area contributed by atoms with E-state index in [4.69, 9.17) is 5.11 Å². The Labute approximate surface area is 145 Å². The third kappa shape index (κ3) is 7.91. The molecule has 0 unspecified atom stereocenters. The van der Waals surface area contributed by atoms with Crippen LogP contribution in [0.4, 0.5) is 0 Å². The quantitative estimate of drug-likeness (QED) is 0.412. The Bertz CT molecular complexity index is 439. The highest BCUT2D eigenvalue weighted by atomic mass is 16.4. The van der Waals surface area contributed by atoms with Crippen molar-refractivity contribution in [2.75, 3.05) is 0 Å². The summed E-state index contributed by atoms with van der Waals surface area (Å²) in [4.78, 5) is 22.5. The maximum Gasteiger partial charge on any atom is 0.303 e. The van der Waals surface area contributed by atoms with Crippen LogP contribution in [0.1, 0.15) is 71.1 Å². The molecule has 0 heterocycles. The fraction of sp³-hybridized carbons (Fsp3) is 0.700. The van der Waals surface area contributed by atoms with Gasteiger partial charge in [-0.3, -0.25) is 9.59 Å². The van der Waals surface area contributed by atoms with E-state index in [1.165, 1.54) is 19.3 Å². The second kappa shape index (κ2) is 12.0. The predicted octanol–water partition coefficient (Wildman–Crippen LogP) is 4.28. The first-order valence-electron chi connectivity index (χ1n) is 9.30. The third-order valence-electron chi connectivity index (χ3n) is 4.63. The molecular formula is C20H32O4. The van der Waals surface area contributed by atoms with Gasteiger partial charge in [-0.2, -0.15) is 0 Å². The number of hydrogen-bond acceptors (Lipinski definition) is 3. The van der Waals surface area contributed by atoms with Crippen molar-refractivity contribution in [3.63, 3.8) is 0 Å². The SMILES string of the molecule is CCCCCCC=C[C@H]1[C@H](O)CC(=O)[C@@H]1CC=CCCCC(=O)O. The van der Waals surface area contributed by atoms with E-state index in [0.717, 1.165) is 12.8 Å². The van der Waals surface area contributed by atoms with Crippen molar-refractivity contribution in [1.29, 1.82) is 0 Å². The number of carbonyl (C=O) groups excluding carboxylic acids is 1. The number of hydrogen-bond donors (Lipinski definition) is 2. The van der Waals surface area contributed by atoms with E-state index >= 15 is 0 Å². The highest BCUT2D eigenvalue weighted by Gasteiger charge is 2.38. The van der Waals surface area contributed by atoms with Crippen LogP contribution in [-0.2, 0) is 9.59 Å². The summed E-state index contributed by atoms with van der Waals surface area (Å²) >= 11 is 0. The summed E-state index contributed by atoms with van der Waals surface area (Å²) in [6.45, 7) is 2.19. The van der Waals surface area contributed by atoms with Crippen molar-refractivity contribution in [3.05, 3.63) is 24.3 Å². The Morgan fingerprint density at radius 2 is 1.88 bits per heavy atom. The Kier molecular flexibility index (Phi) is 10.3. The predicted molar refractivity (Wildman–Crippen MR) is 95.8 cm³/mol. The summed E-state index contributed by atoms with van der Waals surface area (Å²) in [5.41, 5.74) is 0. The molecule has 0 aliphatic heterocycles. The van der Waals surface area contributed by atoms with Crippen LogP contribution in [0.25, 0.3) is 0 Å². The summed E-state index contributed by atoms with van der Waals surface area (Å²) in [6, 6.07) is 0. The Balaban J connectivity index is 2.39. The van der Waals surface area contributed by atoms with E-state index in [-0.39, 0.29) is 30.5 Å². The molecule has 1 fully saturated rings. The third-order valence-corrected chi connectivity index (χ3v) is 4.63. The number of carboxylic acids is 1. The smallest absolute Gasteiger partial charge is 0.303 e. The van der Waals surface area contributed by atoms with Crippen molar-refractivity contribution >= 4 is 11.8 Å². The highest BCUT2D eigenvalue weighted by molar-refractivity contribution is 5.84. The van der Waals surface area contributed by atoms with Crippen LogP contribution >= 0.6 is 0 Å². The van der Waals surface area contributed by atoms with Gasteiger partial charge in [0, 0.05) is 24.7 Å². The van der Waals surface area contributed by atoms with Crippen molar-refractivity contribution in [3.8, 4) is 0 Å². The van der Waals surface area contributed by atoms with Gasteiger partial charge in [-0.15, -0.1) is 0 Å². The van der Waals surface area contributed by atoms with Crippen molar-refractivity contribution in [2.45, 2.75) is 77.2 Å². The summed E-state index contributed by atoms with van der Waals surface area (Å²) in [5, 5.41) is 18.7. The van der Waals surface area contributed by atoms with Gasteiger partial charge in [-0.25, -0.2) is 0 Å². The van der Waals surface area contributed by atoms with Gasteiger partial charge in [0.15, 0.2) is 0 Å². The number of Topliss-reactive ketones (excluding diaryl/α,β-unsaturated/α-hetero) is 1. The van der Waals surface area contributed by atoms with Crippen molar-refractivity contribution in [1.82, 2.24) is 0 Å². The lowest BCUT2D eigenvalue weighted by Gasteiger charge is -2.15. The van der Waals surface area contributed by atoms with Gasteiger partial charge < -0.3 is 10.2 Å². The van der Waals surface area contributed by atoms with Crippen LogP contribution in [0.3, 0.4) is 0 Å². The molecule has 0 amide bonds. The first-order valence-corrected chi connectivity index (χ1v) is 9.30. The van der Waals surface area contributed by atoms with Crippen LogP contribution in [0.2, 0.25) is 0 Å². The lowest BCUT2D eigenvalue weighted by Crippen LogP contribution is -2.17. The Hall–Kier alpha value is -1.42. The van der Waals surface area contributed by atoms with E-state index < -0.39 is 12.1 Å². The molecule has 1 aliphatic carbocycles. The molecule has 1 rings (SSSR count). The molecule has 0 saturated heterocycles. The number of carboxylic acid groups (broad SMARTS) is 1. The molecule has 0 radical (unpaired) electrons. The molecular weight excluding hydrogens is 304 g/mol. The number of unbranched alkanes of at least 4 members (excludes halogenated alkanes) is 5. The lowest BCUT2D eigenvalue weighted by molar-refractivity contribution is -0.137. The standard InChI is InChI=1S/C20H32O4/c1-2-3-4-5-6-9-12-16-17(19(22)15-18(16)21)13-10-7-8-11-14-20(23)24/h7,9-10,12,16-18,21H,2-6,8,11,13-15H2,1H3,(H,23,24)/t16-,17-,18-/m1/s1. The van der Waals surface area contributed by atoms with Gasteiger partial charge in [-0.1, -0.05) is 50.5 Å². The molecule has 0 aromatic rings. The van der Waals surface area contributed by atoms with Gasteiger partial charge >= 0.3 is 5.97 Å². The van der Waals surface area contributed by atoms with Crippen molar-refractivity contribution in [2.24, 2.45) is 11.8 Å². The van der Waals surface area contributed by atoms with Gasteiger partial charge in [0.25, 0.3) is 0 Å². The molecule has 2 N–H and O–H groups in total. The van der Waals surface area contributed by atoms with E-state index in [2.05, 4.69) is 13.0 Å². The fourth-order valence-corrected chi connectivity index (χ4v) is 3.20. The van der Waals surface area contributed by atoms with Crippen molar-refractivity contribution < 1.29 is 19.8 Å². The Morgan fingerprint density at radius 1 is 1.12 bits per heavy atom. The van der Waals surface area contributed by atoms with Crippen LogP contribution in [0.5, 0.6) is 0 Å². The lowest BCUT2D eigenvalue weighted by atomic mass is 9.90. The molecule has 0 spiro atoms. The van der Waals surface area contributed by atoms with Gasteiger partial charge in [0.2, 0.25) is 0 Å². The molecule has 1 saturated carbocycles. The van der Waals surface area contributed by atoms with Crippen LogP contribution in [0, 0.1) is 11.8 Å². The van der Waals surface area contributed by atoms with Gasteiger partial charge in [0.1, 0.15) is 5.78 Å². The van der Waals surface area contributed by atoms with E-state index in [1.807, 2.05) is 18.2 Å². The maximum atomic E-state index is 12.1. The van der Waals surface area contributed by atoms with Crippen LogP contribution in [0.15, 0.2) is 24.3 Å². The zero-order chi connectivity index (χ0) is 17.8. The highest BCUT2D eigenvalue weighted by Crippen LogP contribution is 2.33. The Morgan fingerprint density at radius 3 is 2.58 bits per heavy atom. The molecule has 0 aromatic heterocycles. The zero-order valence-electron chi connectivity index (χ0n) is 14.8. The molecule has 1 aliphatic rings. The molecule has 136 valence electrons. The molecule has 4 nitrogen and oxygen atoms in total. The van der Waals surface area contributed by atoms with E-state index in [1.54, 1.807) is 0 Å². The topological polar surface area (TPSA) is 74.6 Å². The minimum absolute atomic E-state index is 0.0765. The number of rotatable bonds is 12. The minimum Gasteiger partial charge on any atom is -0.481 e. The van der Waals surface area contributed by atoms with Gasteiger partial charge in [-0.05, 0) is 32.1 Å². The molecule has 3 atom stereocenters.